The van der Waals surface area contributed by atoms with E-state index < -0.39 is 0 Å². The first-order chi connectivity index (χ1) is 9.61. The Bertz CT molecular complexity index is 686. The highest BCUT2D eigenvalue weighted by atomic mass is 32.1. The summed E-state index contributed by atoms with van der Waals surface area (Å²) in [6.45, 7) is 2.01. The number of carbonyl (C=O) groups is 2. The molecule has 0 saturated heterocycles. The van der Waals surface area contributed by atoms with Crippen molar-refractivity contribution >= 4 is 33.2 Å². The van der Waals surface area contributed by atoms with Gasteiger partial charge < -0.3 is 9.30 Å². The number of esters is 1. The molecular formula is C14H15NO4S. The largest absolute Gasteiger partial charge is 0.466 e. The third-order valence-electron chi connectivity index (χ3n) is 2.85. The molecule has 6 heteroatoms. The number of rotatable bonds is 6. The molecule has 0 saturated carbocycles. The number of hydrogen-bond donors (Lipinski definition) is 0. The van der Waals surface area contributed by atoms with Gasteiger partial charge in [0.1, 0.15) is 0 Å². The molecule has 20 heavy (non-hydrogen) atoms. The zero-order valence-corrected chi connectivity index (χ0v) is 11.9. The molecule has 106 valence electrons. The quantitative estimate of drug-likeness (QED) is 0.764. The van der Waals surface area contributed by atoms with Crippen LogP contribution in [0.5, 0.6) is 0 Å². The van der Waals surface area contributed by atoms with Gasteiger partial charge in [0.2, 0.25) is 0 Å². The lowest BCUT2D eigenvalue weighted by Crippen LogP contribution is -2.23. The van der Waals surface area contributed by atoms with Gasteiger partial charge in [0.15, 0.2) is 5.78 Å². The average molecular weight is 293 g/mol. The predicted octanol–water partition coefficient (Wildman–Crippen LogP) is 1.98. The molecule has 2 aromatic rings. The van der Waals surface area contributed by atoms with E-state index >= 15 is 0 Å². The summed E-state index contributed by atoms with van der Waals surface area (Å²) in [6, 6.07) is 3.57. The van der Waals surface area contributed by atoms with Crippen molar-refractivity contribution in [2.24, 2.45) is 0 Å². The van der Waals surface area contributed by atoms with Crippen LogP contribution in [0, 0.1) is 0 Å². The van der Waals surface area contributed by atoms with Gasteiger partial charge in [-0.25, -0.2) is 0 Å². The number of fused-ring (bicyclic) bond motifs is 1. The Balaban J connectivity index is 2.01. The summed E-state index contributed by atoms with van der Waals surface area (Å²) in [5.41, 5.74) is -0.173. The van der Waals surface area contributed by atoms with Crippen LogP contribution in [0.2, 0.25) is 0 Å². The van der Waals surface area contributed by atoms with Gasteiger partial charge >= 0.3 is 5.97 Å². The number of hydrogen-bond acceptors (Lipinski definition) is 5. The van der Waals surface area contributed by atoms with Crippen molar-refractivity contribution in [3.8, 4) is 0 Å². The number of thiophene rings is 1. The van der Waals surface area contributed by atoms with E-state index in [1.54, 1.807) is 19.2 Å². The fourth-order valence-electron chi connectivity index (χ4n) is 1.88. The molecule has 5 nitrogen and oxygen atoms in total. The van der Waals surface area contributed by atoms with Gasteiger partial charge in [-0.3, -0.25) is 14.4 Å². The van der Waals surface area contributed by atoms with Crippen LogP contribution in [0.15, 0.2) is 28.5 Å². The molecule has 2 aromatic heterocycles. The fourth-order valence-corrected chi connectivity index (χ4v) is 2.65. The molecular weight excluding hydrogens is 278 g/mol. The van der Waals surface area contributed by atoms with Crippen molar-refractivity contribution in [3.05, 3.63) is 34.1 Å². The summed E-state index contributed by atoms with van der Waals surface area (Å²) in [7, 11) is 0. The highest BCUT2D eigenvalue weighted by Gasteiger charge is 2.10. The minimum absolute atomic E-state index is 0.00990. The summed E-state index contributed by atoms with van der Waals surface area (Å²) >= 11 is 1.49. The van der Waals surface area contributed by atoms with Crippen LogP contribution in [0.4, 0.5) is 0 Å². The third-order valence-corrected chi connectivity index (χ3v) is 3.73. The summed E-state index contributed by atoms with van der Waals surface area (Å²) in [5, 5.41) is 2.47. The second-order valence-electron chi connectivity index (χ2n) is 4.29. The number of nitrogens with zero attached hydrogens (tertiary/aromatic N) is 1. The van der Waals surface area contributed by atoms with E-state index in [1.807, 2.05) is 11.4 Å². The minimum atomic E-state index is -0.388. The Hall–Kier alpha value is -1.95. The fraction of sp³-hybridized carbons (Fsp3) is 0.357. The van der Waals surface area contributed by atoms with Gasteiger partial charge in [0.05, 0.1) is 25.0 Å². The number of ketones is 1. The van der Waals surface area contributed by atoms with Crippen molar-refractivity contribution in [1.82, 2.24) is 4.57 Å². The Morgan fingerprint density at radius 1 is 1.30 bits per heavy atom. The first-order valence-electron chi connectivity index (χ1n) is 6.35. The average Bonchev–Trinajstić information content (AvgIpc) is 2.89. The maximum atomic E-state index is 12.1. The highest BCUT2D eigenvalue weighted by Crippen LogP contribution is 2.16. The zero-order valence-electron chi connectivity index (χ0n) is 11.1. The molecule has 0 N–H and O–H groups in total. The smallest absolute Gasteiger partial charge is 0.306 e. The molecule has 2 rings (SSSR count). The van der Waals surface area contributed by atoms with Crippen molar-refractivity contribution in [1.29, 1.82) is 0 Å². The van der Waals surface area contributed by atoms with Crippen LogP contribution < -0.4 is 5.56 Å². The van der Waals surface area contributed by atoms with Crippen molar-refractivity contribution in [2.45, 2.75) is 26.3 Å². The van der Waals surface area contributed by atoms with Gasteiger partial charge in [-0.2, -0.15) is 0 Å². The van der Waals surface area contributed by atoms with E-state index in [4.69, 9.17) is 4.74 Å². The molecule has 0 aliphatic heterocycles. The summed E-state index contributed by atoms with van der Waals surface area (Å²) in [6.07, 6.45) is 1.76. The number of carbonyl (C=O) groups excluding carboxylic acids is 2. The SMILES string of the molecule is CCOC(=O)CCC(=O)Cn1ccc2sccc2c1=O. The van der Waals surface area contributed by atoms with Gasteiger partial charge in [-0.05, 0) is 24.4 Å². The van der Waals surface area contributed by atoms with Crippen molar-refractivity contribution < 1.29 is 14.3 Å². The lowest BCUT2D eigenvalue weighted by Gasteiger charge is -2.05. The maximum absolute atomic E-state index is 12.1. The lowest BCUT2D eigenvalue weighted by atomic mass is 10.2. The second kappa shape index (κ2) is 6.47. The summed E-state index contributed by atoms with van der Waals surface area (Å²) in [5.74, 6) is -0.545. The molecule has 0 unspecified atom stereocenters. The molecule has 0 radical (unpaired) electrons. The topological polar surface area (TPSA) is 65.4 Å². The standard InChI is InChI=1S/C14H15NO4S/c1-2-19-13(17)4-3-10(16)9-15-7-5-12-11(14(15)18)6-8-20-12/h5-8H,2-4,9H2,1H3. The normalized spacial score (nSPS) is 10.7. The van der Waals surface area contributed by atoms with Crippen LogP contribution in [-0.4, -0.2) is 22.9 Å². The van der Waals surface area contributed by atoms with Gasteiger partial charge in [-0.1, -0.05) is 0 Å². The van der Waals surface area contributed by atoms with E-state index in [0.717, 1.165) is 4.70 Å². The Kier molecular flexibility index (Phi) is 4.68. The number of ether oxygens (including phenoxy) is 1. The van der Waals surface area contributed by atoms with E-state index in [9.17, 15) is 14.4 Å². The highest BCUT2D eigenvalue weighted by molar-refractivity contribution is 7.17. The molecule has 0 amide bonds. The van der Waals surface area contributed by atoms with E-state index in [2.05, 4.69) is 0 Å². The predicted molar refractivity (Wildman–Crippen MR) is 77.0 cm³/mol. The number of pyridine rings is 1. The molecule has 0 atom stereocenters. The Morgan fingerprint density at radius 2 is 2.10 bits per heavy atom. The first-order valence-corrected chi connectivity index (χ1v) is 7.23. The monoisotopic (exact) mass is 293 g/mol. The third kappa shape index (κ3) is 3.33. The summed E-state index contributed by atoms with van der Waals surface area (Å²) in [4.78, 5) is 35.0. The first kappa shape index (κ1) is 14.5. The van der Waals surface area contributed by atoms with Gasteiger partial charge in [-0.15, -0.1) is 11.3 Å². The number of aromatic nitrogens is 1. The van der Waals surface area contributed by atoms with Crippen LogP contribution in [0.3, 0.4) is 0 Å². The lowest BCUT2D eigenvalue weighted by molar-refractivity contribution is -0.144. The summed E-state index contributed by atoms with van der Waals surface area (Å²) < 4.78 is 7.04. The van der Waals surface area contributed by atoms with Gasteiger partial charge in [0, 0.05) is 17.3 Å². The molecule has 0 fully saturated rings. The minimum Gasteiger partial charge on any atom is -0.466 e. The maximum Gasteiger partial charge on any atom is 0.306 e. The van der Waals surface area contributed by atoms with Crippen LogP contribution in [-0.2, 0) is 20.9 Å². The van der Waals surface area contributed by atoms with E-state index in [-0.39, 0.29) is 36.7 Å². The Labute approximate surface area is 119 Å². The molecule has 0 aliphatic carbocycles. The molecule has 0 aromatic carbocycles. The molecule has 2 heterocycles. The van der Waals surface area contributed by atoms with E-state index in [0.29, 0.717) is 12.0 Å². The van der Waals surface area contributed by atoms with Crippen LogP contribution >= 0.6 is 11.3 Å². The van der Waals surface area contributed by atoms with Crippen LogP contribution in [0.1, 0.15) is 19.8 Å². The molecule has 0 aliphatic rings. The van der Waals surface area contributed by atoms with Crippen LogP contribution in [0.25, 0.3) is 10.1 Å². The van der Waals surface area contributed by atoms with E-state index in [1.165, 1.54) is 15.9 Å². The van der Waals surface area contributed by atoms with Crippen molar-refractivity contribution in [3.63, 3.8) is 0 Å². The number of Topliss-reactive ketones (excluding diaryl/α,β-unsaturated/α-hetero) is 1. The molecule has 0 spiro atoms. The molecule has 0 bridgehead atoms. The van der Waals surface area contributed by atoms with Gasteiger partial charge in [0.25, 0.3) is 5.56 Å². The second-order valence-corrected chi connectivity index (χ2v) is 5.24. The Morgan fingerprint density at radius 3 is 2.85 bits per heavy atom. The van der Waals surface area contributed by atoms with Crippen molar-refractivity contribution in [2.75, 3.05) is 6.61 Å². The zero-order chi connectivity index (χ0) is 14.5.